The Kier molecular flexibility index (Phi) is 3.51. The second-order valence-corrected chi connectivity index (χ2v) is 7.23. The topological polar surface area (TPSA) is 38.0 Å². The van der Waals surface area contributed by atoms with E-state index >= 15 is 0 Å². The first-order chi connectivity index (χ1) is 8.64. The largest absolute Gasteiger partial charge is 0.392 e. The van der Waals surface area contributed by atoms with Gasteiger partial charge >= 0.3 is 0 Å². The molecule has 1 atom stereocenters. The van der Waals surface area contributed by atoms with E-state index in [0.29, 0.717) is 17.4 Å². The monoisotopic (exact) mass is 284 g/mol. The number of hydrogen-bond donors (Lipinski definition) is 1. The third-order valence-electron chi connectivity index (χ3n) is 5.37. The Hall–Kier alpha value is -0.540. The van der Waals surface area contributed by atoms with Gasteiger partial charge in [-0.25, -0.2) is 0 Å². The summed E-state index contributed by atoms with van der Waals surface area (Å²) in [5.41, 5.74) is 2.18. The highest BCUT2D eigenvalue weighted by molar-refractivity contribution is 6.31. The lowest BCUT2D eigenvalue weighted by atomic mass is 10.0. The molecule has 1 aliphatic carbocycles. The zero-order valence-electron chi connectivity index (χ0n) is 12.8. The van der Waals surface area contributed by atoms with Crippen molar-refractivity contribution in [3.63, 3.8) is 0 Å². The summed E-state index contributed by atoms with van der Waals surface area (Å²) in [5, 5.41) is 15.7. The molecule has 19 heavy (non-hydrogen) atoms. The molecule has 1 saturated carbocycles. The lowest BCUT2D eigenvalue weighted by molar-refractivity contribution is 0.127. The molecule has 1 heterocycles. The van der Waals surface area contributed by atoms with Gasteiger partial charge in [0.1, 0.15) is 0 Å². The summed E-state index contributed by atoms with van der Waals surface area (Å²) in [4.78, 5) is 0. The van der Waals surface area contributed by atoms with Crippen LogP contribution in [-0.2, 0) is 13.0 Å². The zero-order chi connectivity index (χ0) is 14.6. The fraction of sp³-hybridized carbons (Fsp3) is 0.800. The van der Waals surface area contributed by atoms with Crippen LogP contribution < -0.4 is 0 Å². The van der Waals surface area contributed by atoms with Crippen LogP contribution >= 0.6 is 11.6 Å². The van der Waals surface area contributed by atoms with Crippen LogP contribution in [0, 0.1) is 23.7 Å². The molecule has 0 radical (unpaired) electrons. The second-order valence-electron chi connectivity index (χ2n) is 6.85. The van der Waals surface area contributed by atoms with E-state index in [1.54, 1.807) is 0 Å². The summed E-state index contributed by atoms with van der Waals surface area (Å²) < 4.78 is 1.91. The van der Waals surface area contributed by atoms with Crippen molar-refractivity contribution in [3.05, 3.63) is 16.4 Å². The molecular formula is C15H25ClN2O. The van der Waals surface area contributed by atoms with Gasteiger partial charge in [0.05, 0.1) is 22.5 Å². The first kappa shape index (κ1) is 14.9. The lowest BCUT2D eigenvalue weighted by Crippen LogP contribution is -2.20. The number of aliphatic hydroxyl groups excluding tert-OH is 1. The molecule has 0 aliphatic heterocycles. The third-order valence-corrected chi connectivity index (χ3v) is 5.86. The molecule has 0 bridgehead atoms. The minimum atomic E-state index is -0.358. The number of nitrogens with zero attached hydrogens (tertiary/aromatic N) is 2. The third kappa shape index (κ3) is 2.11. The number of halogens is 1. The molecule has 0 spiro atoms. The van der Waals surface area contributed by atoms with Gasteiger partial charge in [-0.15, -0.1) is 0 Å². The van der Waals surface area contributed by atoms with Crippen molar-refractivity contribution in [2.24, 2.45) is 16.7 Å². The van der Waals surface area contributed by atoms with Crippen LogP contribution in [-0.4, -0.2) is 21.0 Å². The number of hydrogen-bond acceptors (Lipinski definition) is 2. The second kappa shape index (κ2) is 4.49. The SMILES string of the molecule is CCn1nc(C)c(Cl)c1CC(O)C1C(C)(C)C1(C)C. The highest BCUT2D eigenvalue weighted by atomic mass is 35.5. The molecule has 1 aliphatic rings. The summed E-state index contributed by atoms with van der Waals surface area (Å²) in [6, 6.07) is 0. The molecule has 1 N–H and O–H groups in total. The number of aryl methyl sites for hydroxylation is 2. The summed E-state index contributed by atoms with van der Waals surface area (Å²) in [6.07, 6.45) is 0.231. The maximum Gasteiger partial charge on any atom is 0.0848 e. The molecule has 1 aromatic rings. The Morgan fingerprint density at radius 1 is 1.32 bits per heavy atom. The van der Waals surface area contributed by atoms with Gasteiger partial charge in [0.2, 0.25) is 0 Å². The van der Waals surface area contributed by atoms with E-state index in [-0.39, 0.29) is 16.9 Å². The maximum atomic E-state index is 10.6. The highest BCUT2D eigenvalue weighted by Gasteiger charge is 2.67. The van der Waals surface area contributed by atoms with E-state index in [0.717, 1.165) is 17.9 Å². The Morgan fingerprint density at radius 2 is 1.84 bits per heavy atom. The fourth-order valence-electron chi connectivity index (χ4n) is 3.59. The first-order valence-corrected chi connectivity index (χ1v) is 7.42. The van der Waals surface area contributed by atoms with Gasteiger partial charge in [0.15, 0.2) is 0 Å². The van der Waals surface area contributed by atoms with E-state index in [2.05, 4.69) is 32.8 Å². The van der Waals surface area contributed by atoms with E-state index in [4.69, 9.17) is 11.6 Å². The molecular weight excluding hydrogens is 260 g/mol. The van der Waals surface area contributed by atoms with Crippen molar-refractivity contribution in [2.75, 3.05) is 0 Å². The van der Waals surface area contributed by atoms with Crippen LogP contribution in [0.4, 0.5) is 0 Å². The van der Waals surface area contributed by atoms with Gasteiger partial charge in [0, 0.05) is 13.0 Å². The summed E-state index contributed by atoms with van der Waals surface area (Å²) in [7, 11) is 0. The molecule has 1 fully saturated rings. The summed E-state index contributed by atoms with van der Waals surface area (Å²) >= 11 is 6.31. The van der Waals surface area contributed by atoms with Crippen LogP contribution in [0.2, 0.25) is 5.02 Å². The smallest absolute Gasteiger partial charge is 0.0848 e. The molecule has 2 rings (SSSR count). The number of aromatic nitrogens is 2. The van der Waals surface area contributed by atoms with Crippen LogP contribution in [0.5, 0.6) is 0 Å². The minimum Gasteiger partial charge on any atom is -0.392 e. The molecule has 4 heteroatoms. The molecule has 0 aromatic carbocycles. The first-order valence-electron chi connectivity index (χ1n) is 7.04. The standard InChI is InChI=1S/C15H25ClN2O/c1-7-18-10(12(16)9(2)17-18)8-11(19)13-14(3,4)15(13,5)6/h11,13,19H,7-8H2,1-6H3. The Morgan fingerprint density at radius 3 is 2.26 bits per heavy atom. The van der Waals surface area contributed by atoms with Crippen LogP contribution in [0.1, 0.15) is 46.0 Å². The highest BCUT2D eigenvalue weighted by Crippen LogP contribution is 2.69. The van der Waals surface area contributed by atoms with Crippen molar-refractivity contribution >= 4 is 11.6 Å². The van der Waals surface area contributed by atoms with Gasteiger partial charge < -0.3 is 5.11 Å². The molecule has 0 saturated heterocycles. The van der Waals surface area contributed by atoms with Gasteiger partial charge in [-0.1, -0.05) is 39.3 Å². The van der Waals surface area contributed by atoms with Crippen LogP contribution in [0.25, 0.3) is 0 Å². The van der Waals surface area contributed by atoms with Gasteiger partial charge in [-0.2, -0.15) is 5.10 Å². The van der Waals surface area contributed by atoms with Crippen molar-refractivity contribution in [2.45, 2.75) is 60.6 Å². The van der Waals surface area contributed by atoms with Crippen molar-refractivity contribution in [1.82, 2.24) is 9.78 Å². The summed E-state index contributed by atoms with van der Waals surface area (Å²) in [5.74, 6) is 0.316. The predicted octanol–water partition coefficient (Wildman–Crippen LogP) is 3.45. The minimum absolute atomic E-state index is 0.186. The molecule has 3 nitrogen and oxygen atoms in total. The number of aliphatic hydroxyl groups is 1. The van der Waals surface area contributed by atoms with Crippen molar-refractivity contribution in [3.8, 4) is 0 Å². The van der Waals surface area contributed by atoms with Crippen LogP contribution in [0.15, 0.2) is 0 Å². The molecule has 1 unspecified atom stereocenters. The summed E-state index contributed by atoms with van der Waals surface area (Å²) in [6.45, 7) is 13.7. The Labute approximate surface area is 121 Å². The molecule has 108 valence electrons. The Balaban J connectivity index is 2.19. The lowest BCUT2D eigenvalue weighted by Gasteiger charge is -2.14. The normalized spacial score (nSPS) is 22.5. The average Bonchev–Trinajstić information content (AvgIpc) is 2.56. The van der Waals surface area contributed by atoms with Gasteiger partial charge in [-0.3, -0.25) is 4.68 Å². The zero-order valence-corrected chi connectivity index (χ0v) is 13.5. The Bertz CT molecular complexity index is 477. The van der Waals surface area contributed by atoms with Gasteiger partial charge in [0.25, 0.3) is 0 Å². The maximum absolute atomic E-state index is 10.6. The van der Waals surface area contributed by atoms with E-state index in [1.807, 2.05) is 18.5 Å². The van der Waals surface area contributed by atoms with E-state index in [9.17, 15) is 5.11 Å². The van der Waals surface area contributed by atoms with E-state index in [1.165, 1.54) is 0 Å². The van der Waals surface area contributed by atoms with Crippen molar-refractivity contribution < 1.29 is 5.11 Å². The van der Waals surface area contributed by atoms with E-state index < -0.39 is 0 Å². The van der Waals surface area contributed by atoms with Crippen LogP contribution in [0.3, 0.4) is 0 Å². The fourth-order valence-corrected chi connectivity index (χ4v) is 3.80. The predicted molar refractivity (Wildman–Crippen MR) is 78.4 cm³/mol. The van der Waals surface area contributed by atoms with Gasteiger partial charge in [-0.05, 0) is 30.6 Å². The number of rotatable bonds is 4. The molecule has 1 aromatic heterocycles. The quantitative estimate of drug-likeness (QED) is 0.920. The average molecular weight is 285 g/mol. The van der Waals surface area contributed by atoms with Crippen molar-refractivity contribution in [1.29, 1.82) is 0 Å². The molecule has 0 amide bonds.